The second-order valence-corrected chi connectivity index (χ2v) is 14.9. The van der Waals surface area contributed by atoms with Gasteiger partial charge in [0.1, 0.15) is 11.0 Å². The number of halogens is 1. The first-order chi connectivity index (χ1) is 19.8. The fourth-order valence-corrected chi connectivity index (χ4v) is 8.93. The summed E-state index contributed by atoms with van der Waals surface area (Å²) < 4.78 is 28.7. The van der Waals surface area contributed by atoms with Crippen molar-refractivity contribution >= 4 is 34.6 Å². The van der Waals surface area contributed by atoms with Crippen LogP contribution in [-0.4, -0.2) is 48.6 Å². The molecule has 2 aromatic carbocycles. The van der Waals surface area contributed by atoms with Gasteiger partial charge in [-0.1, -0.05) is 31.0 Å². The molecule has 1 amide bonds. The number of hydrogen-bond acceptors (Lipinski definition) is 5. The molecule has 2 aliphatic heterocycles. The average molecular weight is 599 g/mol. The van der Waals surface area contributed by atoms with Crippen LogP contribution in [0.3, 0.4) is 0 Å². The minimum Gasteiger partial charge on any atom is -0.593 e. The van der Waals surface area contributed by atoms with E-state index in [1.165, 1.54) is 24.0 Å². The first-order valence-electron chi connectivity index (χ1n) is 15.3. The zero-order valence-corrected chi connectivity index (χ0v) is 26.1. The third kappa shape index (κ3) is 5.72. The molecule has 0 aromatic heterocycles. The number of benzene rings is 2. The molecule has 41 heavy (non-hydrogen) atoms. The second-order valence-electron chi connectivity index (χ2n) is 12.9. The van der Waals surface area contributed by atoms with Crippen LogP contribution in [0.4, 0.5) is 5.69 Å². The summed E-state index contributed by atoms with van der Waals surface area (Å²) in [5.41, 5.74) is 3.97. The number of methoxy groups -OCH3 is 1. The smallest absolute Gasteiger partial charge is 0.292 e. The highest BCUT2D eigenvalue weighted by atomic mass is 35.5. The number of amides is 1. The first-order valence-corrected chi connectivity index (χ1v) is 16.9. The van der Waals surface area contributed by atoms with Crippen LogP contribution in [0, 0.1) is 17.8 Å². The van der Waals surface area contributed by atoms with Crippen LogP contribution in [0.15, 0.2) is 36.4 Å². The lowest BCUT2D eigenvalue weighted by Crippen LogP contribution is -2.50. The maximum atomic E-state index is 13.4. The van der Waals surface area contributed by atoms with E-state index < -0.39 is 11.4 Å². The van der Waals surface area contributed by atoms with Gasteiger partial charge in [-0.2, -0.15) is 4.72 Å². The molecule has 1 saturated carbocycles. The molecule has 8 heteroatoms. The molecular formula is C33H43ClN2O4S. The van der Waals surface area contributed by atoms with Crippen molar-refractivity contribution in [1.29, 1.82) is 0 Å². The highest BCUT2D eigenvalue weighted by molar-refractivity contribution is 7.90. The van der Waals surface area contributed by atoms with Crippen molar-refractivity contribution in [3.63, 3.8) is 0 Å². The Morgan fingerprint density at radius 3 is 2.76 bits per heavy atom. The van der Waals surface area contributed by atoms with Crippen LogP contribution < -0.4 is 14.4 Å². The Kier molecular flexibility index (Phi) is 8.52. The lowest BCUT2D eigenvalue weighted by Gasteiger charge is -2.46. The molecule has 0 radical (unpaired) electrons. The second kappa shape index (κ2) is 12.0. The van der Waals surface area contributed by atoms with Crippen molar-refractivity contribution in [3.05, 3.63) is 58.1 Å². The van der Waals surface area contributed by atoms with Gasteiger partial charge in [-0.05, 0) is 105 Å². The Hall–Kier alpha value is -1.93. The summed E-state index contributed by atoms with van der Waals surface area (Å²) in [5, 5.41) is 0.646. The molecule has 6 rings (SSSR count). The molecule has 1 spiro atoms. The summed E-state index contributed by atoms with van der Waals surface area (Å²) in [6.07, 6.45) is 8.77. The minimum absolute atomic E-state index is 0.135. The van der Waals surface area contributed by atoms with Crippen LogP contribution in [0.1, 0.15) is 80.3 Å². The number of ether oxygens (including phenoxy) is 2. The third-order valence-electron chi connectivity index (χ3n) is 10.5. The molecule has 2 bridgehead atoms. The number of nitrogens with zero attached hydrogens (tertiary/aromatic N) is 1. The summed E-state index contributed by atoms with van der Waals surface area (Å²) in [5.74, 6) is 1.78. The number of hydrogen-bond donors (Lipinski definition) is 1. The van der Waals surface area contributed by atoms with Crippen molar-refractivity contribution < 1.29 is 18.8 Å². The van der Waals surface area contributed by atoms with Crippen LogP contribution >= 0.6 is 11.6 Å². The largest absolute Gasteiger partial charge is 0.593 e. The van der Waals surface area contributed by atoms with E-state index >= 15 is 0 Å². The van der Waals surface area contributed by atoms with E-state index in [9.17, 15) is 9.35 Å². The quantitative estimate of drug-likeness (QED) is 0.382. The Morgan fingerprint density at radius 1 is 1.12 bits per heavy atom. The minimum atomic E-state index is -1.47. The zero-order chi connectivity index (χ0) is 28.7. The lowest BCUT2D eigenvalue weighted by molar-refractivity contribution is -0.0224. The normalized spacial score (nSPS) is 34.0. The van der Waals surface area contributed by atoms with Gasteiger partial charge < -0.3 is 18.9 Å². The summed E-state index contributed by atoms with van der Waals surface area (Å²) in [6.45, 7) is 6.42. The fourth-order valence-electron chi connectivity index (χ4n) is 7.69. The van der Waals surface area contributed by atoms with Crippen LogP contribution in [-0.2, 0) is 27.9 Å². The molecule has 0 saturated heterocycles. The van der Waals surface area contributed by atoms with E-state index in [0.717, 1.165) is 68.1 Å². The van der Waals surface area contributed by atoms with Crippen LogP contribution in [0.5, 0.6) is 5.75 Å². The van der Waals surface area contributed by atoms with Gasteiger partial charge in [0.15, 0.2) is 0 Å². The molecule has 2 aromatic rings. The van der Waals surface area contributed by atoms with Crippen molar-refractivity contribution in [2.45, 2.75) is 82.0 Å². The molecule has 7 unspecified atom stereocenters. The standard InChI is InChI=1S/C33H43ClN2O4S/c1-21-6-4-8-30(39-3)27-12-9-25(27)18-36-19-33(15-5-7-23-16-26(34)11-13-28(23)33)20-40-31-14-10-24(17-29(31)36)32(37)35-41(38)22(21)2/h10-11,13-14,16-17,21-22,25,27,30H,4-9,12,15,18-20H2,1-3H3,(H,35,37). The predicted octanol–water partition coefficient (Wildman–Crippen LogP) is 6.46. The van der Waals surface area contributed by atoms with Gasteiger partial charge in [0.2, 0.25) is 0 Å². The maximum absolute atomic E-state index is 13.4. The Labute approximate surface area is 252 Å². The van der Waals surface area contributed by atoms with Crippen LogP contribution in [0.25, 0.3) is 0 Å². The lowest BCUT2D eigenvalue weighted by atomic mass is 9.68. The van der Waals surface area contributed by atoms with Crippen molar-refractivity contribution in [1.82, 2.24) is 4.72 Å². The van der Waals surface area contributed by atoms with Crippen molar-refractivity contribution in [3.8, 4) is 5.75 Å². The number of carbonyl (C=O) groups excluding carboxylic acids is 1. The first kappa shape index (κ1) is 29.2. The molecule has 1 N–H and O–H groups in total. The predicted molar refractivity (Wildman–Crippen MR) is 165 cm³/mol. The molecule has 7 atom stereocenters. The van der Waals surface area contributed by atoms with Crippen molar-refractivity contribution in [2.24, 2.45) is 17.8 Å². The average Bonchev–Trinajstić information content (AvgIpc) is 3.10. The van der Waals surface area contributed by atoms with E-state index in [4.69, 9.17) is 21.1 Å². The fraction of sp³-hybridized carbons (Fsp3) is 0.606. The highest BCUT2D eigenvalue weighted by Crippen LogP contribution is 2.47. The Morgan fingerprint density at radius 2 is 1.98 bits per heavy atom. The zero-order valence-electron chi connectivity index (χ0n) is 24.5. The van der Waals surface area contributed by atoms with E-state index in [2.05, 4.69) is 28.7 Å². The molecule has 222 valence electrons. The van der Waals surface area contributed by atoms with Gasteiger partial charge in [0, 0.05) is 42.1 Å². The van der Waals surface area contributed by atoms with Crippen LogP contribution in [0.2, 0.25) is 5.02 Å². The van der Waals surface area contributed by atoms with E-state index in [-0.39, 0.29) is 28.6 Å². The molecule has 6 nitrogen and oxygen atoms in total. The topological polar surface area (TPSA) is 73.9 Å². The van der Waals surface area contributed by atoms with E-state index in [0.29, 0.717) is 24.0 Å². The summed E-state index contributed by atoms with van der Waals surface area (Å²) >= 11 is 4.95. The van der Waals surface area contributed by atoms with Gasteiger partial charge in [-0.25, -0.2) is 0 Å². The third-order valence-corrected chi connectivity index (χ3v) is 12.3. The van der Waals surface area contributed by atoms with Gasteiger partial charge in [-0.15, -0.1) is 0 Å². The van der Waals surface area contributed by atoms with Crippen molar-refractivity contribution in [2.75, 3.05) is 31.7 Å². The molecular weight excluding hydrogens is 556 g/mol. The molecule has 2 heterocycles. The number of rotatable bonds is 1. The summed E-state index contributed by atoms with van der Waals surface area (Å²) in [6, 6.07) is 12.0. The monoisotopic (exact) mass is 598 g/mol. The number of anilines is 1. The molecule has 1 fully saturated rings. The maximum Gasteiger partial charge on any atom is 0.292 e. The summed E-state index contributed by atoms with van der Waals surface area (Å²) in [7, 11) is 1.86. The Balaban J connectivity index is 1.39. The number of nitrogens with one attached hydrogen (secondary N) is 1. The summed E-state index contributed by atoms with van der Waals surface area (Å²) in [4.78, 5) is 15.8. The highest BCUT2D eigenvalue weighted by Gasteiger charge is 2.44. The number of aryl methyl sites for hydroxylation is 1. The van der Waals surface area contributed by atoms with Gasteiger partial charge in [0.05, 0.1) is 29.8 Å². The van der Waals surface area contributed by atoms with Gasteiger partial charge >= 0.3 is 0 Å². The van der Waals surface area contributed by atoms with E-state index in [1.54, 1.807) is 6.07 Å². The van der Waals surface area contributed by atoms with Gasteiger partial charge in [0.25, 0.3) is 5.91 Å². The molecule has 2 aliphatic carbocycles. The van der Waals surface area contributed by atoms with Gasteiger partial charge in [-0.3, -0.25) is 4.79 Å². The number of fused-ring (bicyclic) bond motifs is 4. The number of carbonyl (C=O) groups is 1. The van der Waals surface area contributed by atoms with E-state index in [1.807, 2.05) is 32.2 Å². The molecule has 4 aliphatic rings. The Bertz CT molecular complexity index is 1280. The SMILES string of the molecule is COC1CCCC(C)C(C)[S+]([O-])NC(=O)c2ccc3c(c2)N(CC2CCC21)CC1(CCCc2cc(Cl)ccc21)CO3.